The molecule has 0 radical (unpaired) electrons. The van der Waals surface area contributed by atoms with Gasteiger partial charge >= 0.3 is 0 Å². The van der Waals surface area contributed by atoms with Crippen LogP contribution in [-0.2, 0) is 11.2 Å². The van der Waals surface area contributed by atoms with Crippen molar-refractivity contribution in [1.29, 1.82) is 0 Å². The topological polar surface area (TPSA) is 53.8 Å². The molecular formula is C23H30N2O3. The largest absolute Gasteiger partial charge is 0.459 e. The molecular weight excluding hydrogens is 352 g/mol. The number of fused-ring (bicyclic) bond motifs is 1. The summed E-state index contributed by atoms with van der Waals surface area (Å²) in [7, 11) is 0. The summed E-state index contributed by atoms with van der Waals surface area (Å²) in [5.41, 5.74) is 2.51. The maximum atomic E-state index is 13.1. The second-order valence-corrected chi connectivity index (χ2v) is 7.48. The molecule has 1 unspecified atom stereocenters. The number of carbonyl (C=O) groups is 2. The lowest BCUT2D eigenvalue weighted by molar-refractivity contribution is -0.134. The van der Waals surface area contributed by atoms with Crippen LogP contribution in [0.15, 0.2) is 47.1 Å². The van der Waals surface area contributed by atoms with Gasteiger partial charge < -0.3 is 14.2 Å². The van der Waals surface area contributed by atoms with Crippen LogP contribution in [0.5, 0.6) is 0 Å². The highest BCUT2D eigenvalue weighted by atomic mass is 16.3. The summed E-state index contributed by atoms with van der Waals surface area (Å²) < 4.78 is 5.28. The van der Waals surface area contributed by atoms with Crippen molar-refractivity contribution in [1.82, 2.24) is 9.80 Å². The number of unbranched alkanes of at least 4 members (excludes halogenated alkanes) is 3. The zero-order chi connectivity index (χ0) is 19.9. The monoisotopic (exact) mass is 382 g/mol. The van der Waals surface area contributed by atoms with Gasteiger partial charge in [0.15, 0.2) is 5.76 Å². The number of hydrogen-bond acceptors (Lipinski definition) is 3. The maximum absolute atomic E-state index is 13.1. The summed E-state index contributed by atoms with van der Waals surface area (Å²) in [6.45, 7) is 5.58. The summed E-state index contributed by atoms with van der Waals surface area (Å²) >= 11 is 0. The molecule has 0 aliphatic carbocycles. The van der Waals surface area contributed by atoms with Crippen LogP contribution in [0.1, 0.15) is 67.3 Å². The van der Waals surface area contributed by atoms with Gasteiger partial charge in [0, 0.05) is 13.1 Å². The van der Waals surface area contributed by atoms with Crippen LogP contribution >= 0.6 is 0 Å². The number of rotatable bonds is 8. The summed E-state index contributed by atoms with van der Waals surface area (Å²) in [4.78, 5) is 29.5. The van der Waals surface area contributed by atoms with Gasteiger partial charge in [-0.3, -0.25) is 9.59 Å². The molecule has 2 amide bonds. The van der Waals surface area contributed by atoms with Crippen molar-refractivity contribution < 1.29 is 14.0 Å². The van der Waals surface area contributed by atoms with Gasteiger partial charge in [0.1, 0.15) is 6.54 Å². The third kappa shape index (κ3) is 4.64. The molecule has 1 aromatic carbocycles. The average molecular weight is 383 g/mol. The molecule has 0 fully saturated rings. The van der Waals surface area contributed by atoms with Crippen molar-refractivity contribution in [3.05, 3.63) is 59.5 Å². The van der Waals surface area contributed by atoms with Gasteiger partial charge in [-0.05, 0) is 43.0 Å². The van der Waals surface area contributed by atoms with E-state index in [1.165, 1.54) is 17.4 Å². The number of carbonyl (C=O) groups excluding carboxylic acids is 2. The minimum absolute atomic E-state index is 0.00241. The van der Waals surface area contributed by atoms with Gasteiger partial charge in [-0.15, -0.1) is 0 Å². The first kappa shape index (κ1) is 20.2. The second kappa shape index (κ2) is 9.58. The molecule has 0 N–H and O–H groups in total. The third-order valence-corrected chi connectivity index (χ3v) is 5.54. The normalized spacial score (nSPS) is 15.9. The highest BCUT2D eigenvalue weighted by Gasteiger charge is 2.29. The Bertz CT molecular complexity index is 785. The number of benzene rings is 1. The molecule has 150 valence electrons. The third-order valence-electron chi connectivity index (χ3n) is 5.54. The van der Waals surface area contributed by atoms with Crippen molar-refractivity contribution in [2.24, 2.45) is 0 Å². The van der Waals surface area contributed by atoms with Gasteiger partial charge in [0.2, 0.25) is 5.91 Å². The molecule has 2 heterocycles. The Morgan fingerprint density at radius 2 is 1.96 bits per heavy atom. The predicted molar refractivity (Wildman–Crippen MR) is 109 cm³/mol. The van der Waals surface area contributed by atoms with Crippen molar-refractivity contribution in [3.63, 3.8) is 0 Å². The molecule has 1 aliphatic heterocycles. The second-order valence-electron chi connectivity index (χ2n) is 7.48. The molecule has 2 aromatic rings. The zero-order valence-corrected chi connectivity index (χ0v) is 16.9. The van der Waals surface area contributed by atoms with E-state index in [0.717, 1.165) is 32.1 Å². The fourth-order valence-corrected chi connectivity index (χ4v) is 3.90. The smallest absolute Gasteiger partial charge is 0.290 e. The Hall–Kier alpha value is -2.56. The van der Waals surface area contributed by atoms with Crippen molar-refractivity contribution >= 4 is 11.8 Å². The van der Waals surface area contributed by atoms with Crippen LogP contribution in [0.25, 0.3) is 0 Å². The van der Waals surface area contributed by atoms with Crippen molar-refractivity contribution in [2.75, 3.05) is 19.6 Å². The summed E-state index contributed by atoms with van der Waals surface area (Å²) in [6, 6.07) is 11.7. The number of nitrogens with zero attached hydrogens (tertiary/aromatic N) is 2. The number of hydrogen-bond donors (Lipinski definition) is 0. The van der Waals surface area contributed by atoms with Gasteiger partial charge in [0.05, 0.1) is 12.3 Å². The lowest BCUT2D eigenvalue weighted by Crippen LogP contribution is -2.46. The molecule has 28 heavy (non-hydrogen) atoms. The van der Waals surface area contributed by atoms with Crippen LogP contribution in [0, 0.1) is 0 Å². The van der Waals surface area contributed by atoms with Gasteiger partial charge in [-0.1, -0.05) is 50.5 Å². The predicted octanol–water partition coefficient (Wildman–Crippen LogP) is 4.45. The minimum atomic E-state index is -0.208. The highest BCUT2D eigenvalue weighted by Crippen LogP contribution is 2.29. The molecule has 0 spiro atoms. The molecule has 0 saturated carbocycles. The Balaban J connectivity index is 1.69. The fraction of sp³-hybridized carbons (Fsp3) is 0.478. The first-order valence-electron chi connectivity index (χ1n) is 10.3. The van der Waals surface area contributed by atoms with Crippen LogP contribution in [0.3, 0.4) is 0 Å². The van der Waals surface area contributed by atoms with Crippen molar-refractivity contribution in [2.45, 2.75) is 52.0 Å². The molecule has 5 nitrogen and oxygen atoms in total. The Kier molecular flexibility index (Phi) is 6.90. The van der Waals surface area contributed by atoms with Crippen molar-refractivity contribution in [3.8, 4) is 0 Å². The van der Waals surface area contributed by atoms with E-state index >= 15 is 0 Å². The molecule has 0 bridgehead atoms. The van der Waals surface area contributed by atoms with Gasteiger partial charge in [-0.25, -0.2) is 0 Å². The summed E-state index contributed by atoms with van der Waals surface area (Å²) in [5, 5.41) is 0. The molecule has 3 rings (SSSR count). The van der Waals surface area contributed by atoms with E-state index < -0.39 is 0 Å². The highest BCUT2D eigenvalue weighted by molar-refractivity contribution is 5.94. The number of furan rings is 1. The number of amides is 2. The lowest BCUT2D eigenvalue weighted by Gasteiger charge is -2.36. The Morgan fingerprint density at radius 1 is 1.14 bits per heavy atom. The van der Waals surface area contributed by atoms with Gasteiger partial charge in [-0.2, -0.15) is 0 Å². The lowest BCUT2D eigenvalue weighted by atomic mass is 9.93. The minimum Gasteiger partial charge on any atom is -0.459 e. The van der Waals surface area contributed by atoms with E-state index in [9.17, 15) is 9.59 Å². The summed E-state index contributed by atoms with van der Waals surface area (Å²) in [6.07, 6.45) is 6.57. The molecule has 1 aliphatic rings. The molecule has 1 aromatic heterocycles. The van der Waals surface area contributed by atoms with E-state index in [-0.39, 0.29) is 24.4 Å². The quantitative estimate of drug-likeness (QED) is 0.634. The van der Waals surface area contributed by atoms with E-state index in [1.807, 2.05) is 17.0 Å². The van der Waals surface area contributed by atoms with Crippen LogP contribution in [0.4, 0.5) is 0 Å². The van der Waals surface area contributed by atoms with Crippen LogP contribution in [0.2, 0.25) is 0 Å². The molecule has 0 saturated heterocycles. The van der Waals surface area contributed by atoms with Crippen LogP contribution in [-0.4, -0.2) is 41.2 Å². The van der Waals surface area contributed by atoms with E-state index in [0.29, 0.717) is 18.8 Å². The van der Waals surface area contributed by atoms with E-state index in [2.05, 4.69) is 26.0 Å². The van der Waals surface area contributed by atoms with E-state index in [4.69, 9.17) is 4.42 Å². The van der Waals surface area contributed by atoms with E-state index in [1.54, 1.807) is 17.0 Å². The van der Waals surface area contributed by atoms with Gasteiger partial charge in [0.25, 0.3) is 5.91 Å². The first-order valence-corrected chi connectivity index (χ1v) is 10.3. The summed E-state index contributed by atoms with van der Waals surface area (Å²) in [5.74, 6) is 0.0811. The average Bonchev–Trinajstić information content (AvgIpc) is 3.25. The molecule has 1 atom stereocenters. The first-order chi connectivity index (χ1) is 13.6. The standard InChI is InChI=1S/C23H30N2O3/c1-3-4-5-8-14-24(23(27)21-12-9-16-28-21)17-22(26)25-15-13-19-10-6-7-11-20(19)18(25)2/h6-7,9-12,16,18H,3-5,8,13-15,17H2,1-2H3. The van der Waals surface area contributed by atoms with Crippen LogP contribution < -0.4 is 0 Å². The zero-order valence-electron chi connectivity index (χ0n) is 16.9. The fourth-order valence-electron chi connectivity index (χ4n) is 3.90. The molecule has 5 heteroatoms. The SMILES string of the molecule is CCCCCCN(CC(=O)N1CCc2ccccc2C1C)C(=O)c1ccco1. The Labute approximate surface area is 167 Å². The maximum Gasteiger partial charge on any atom is 0.290 e. The Morgan fingerprint density at radius 3 is 2.71 bits per heavy atom.